The molecule has 2 fully saturated rings. The Morgan fingerprint density at radius 2 is 2.06 bits per heavy atom. The summed E-state index contributed by atoms with van der Waals surface area (Å²) in [6.45, 7) is 2.93. The SMILES string of the molecule is CC[C@@H]1CCC[C@@H]1NS(=O)(=O)CC[C@H]1CCCO1. The smallest absolute Gasteiger partial charge is 0.211 e. The van der Waals surface area contributed by atoms with Crippen LogP contribution in [-0.4, -0.2) is 32.9 Å². The van der Waals surface area contributed by atoms with Crippen molar-refractivity contribution in [3.05, 3.63) is 0 Å². The van der Waals surface area contributed by atoms with Gasteiger partial charge in [0, 0.05) is 12.6 Å². The molecule has 1 heterocycles. The minimum Gasteiger partial charge on any atom is -0.378 e. The molecule has 2 aliphatic rings. The molecule has 4 nitrogen and oxygen atoms in total. The number of hydrogen-bond donors (Lipinski definition) is 1. The highest BCUT2D eigenvalue weighted by molar-refractivity contribution is 7.89. The van der Waals surface area contributed by atoms with E-state index in [1.54, 1.807) is 0 Å². The standard InChI is InChI=1S/C13H25NO3S/c1-2-11-5-3-7-13(11)14-18(15,16)10-8-12-6-4-9-17-12/h11-14H,2-10H2,1H3/t11-,12-,13+/m1/s1. The van der Waals surface area contributed by atoms with E-state index in [9.17, 15) is 8.42 Å². The van der Waals surface area contributed by atoms with E-state index in [1.807, 2.05) is 0 Å². The van der Waals surface area contributed by atoms with Gasteiger partial charge in [0.25, 0.3) is 0 Å². The van der Waals surface area contributed by atoms with Gasteiger partial charge < -0.3 is 4.74 Å². The van der Waals surface area contributed by atoms with E-state index < -0.39 is 10.0 Å². The minimum atomic E-state index is -3.13. The Bertz CT molecular complexity index is 349. The van der Waals surface area contributed by atoms with Crippen LogP contribution in [0.2, 0.25) is 0 Å². The molecule has 0 aromatic rings. The molecule has 0 spiro atoms. The van der Waals surface area contributed by atoms with Crippen LogP contribution in [0.4, 0.5) is 0 Å². The molecule has 106 valence electrons. The third-order valence-corrected chi connectivity index (χ3v) is 5.68. The predicted molar refractivity (Wildman–Crippen MR) is 71.9 cm³/mol. The van der Waals surface area contributed by atoms with Crippen LogP contribution >= 0.6 is 0 Å². The van der Waals surface area contributed by atoms with Crippen molar-refractivity contribution in [3.63, 3.8) is 0 Å². The Balaban J connectivity index is 1.79. The fourth-order valence-corrected chi connectivity index (χ4v) is 4.59. The van der Waals surface area contributed by atoms with Crippen molar-refractivity contribution in [1.82, 2.24) is 4.72 Å². The van der Waals surface area contributed by atoms with Crippen LogP contribution in [0.5, 0.6) is 0 Å². The molecule has 0 unspecified atom stereocenters. The van der Waals surface area contributed by atoms with Gasteiger partial charge in [0.1, 0.15) is 0 Å². The van der Waals surface area contributed by atoms with Crippen molar-refractivity contribution in [3.8, 4) is 0 Å². The summed E-state index contributed by atoms with van der Waals surface area (Å²) in [5.41, 5.74) is 0. The van der Waals surface area contributed by atoms with Crippen LogP contribution in [0, 0.1) is 5.92 Å². The van der Waals surface area contributed by atoms with Crippen LogP contribution in [0.15, 0.2) is 0 Å². The summed E-state index contributed by atoms with van der Waals surface area (Å²) >= 11 is 0. The Hall–Kier alpha value is -0.130. The highest BCUT2D eigenvalue weighted by Gasteiger charge is 2.29. The lowest BCUT2D eigenvalue weighted by Crippen LogP contribution is -2.39. The zero-order valence-electron chi connectivity index (χ0n) is 11.2. The number of ether oxygens (including phenoxy) is 1. The molecule has 5 heteroatoms. The zero-order valence-corrected chi connectivity index (χ0v) is 12.0. The maximum absolute atomic E-state index is 12.0. The molecule has 0 bridgehead atoms. The van der Waals surface area contributed by atoms with Crippen molar-refractivity contribution < 1.29 is 13.2 Å². The van der Waals surface area contributed by atoms with Crippen molar-refractivity contribution in [2.45, 2.75) is 64.0 Å². The van der Waals surface area contributed by atoms with Gasteiger partial charge in [0.15, 0.2) is 0 Å². The second-order valence-electron chi connectivity index (χ2n) is 5.57. The molecule has 0 radical (unpaired) electrons. The third-order valence-electron chi connectivity index (χ3n) is 4.25. The third kappa shape index (κ3) is 3.93. The molecule has 3 atom stereocenters. The van der Waals surface area contributed by atoms with Gasteiger partial charge in [-0.3, -0.25) is 0 Å². The largest absolute Gasteiger partial charge is 0.378 e. The molecular formula is C13H25NO3S. The van der Waals surface area contributed by atoms with E-state index in [-0.39, 0.29) is 17.9 Å². The van der Waals surface area contributed by atoms with Gasteiger partial charge in [-0.05, 0) is 38.0 Å². The molecule has 0 amide bonds. The first-order valence-electron chi connectivity index (χ1n) is 7.22. The molecule has 18 heavy (non-hydrogen) atoms. The molecule has 0 aromatic carbocycles. The van der Waals surface area contributed by atoms with Crippen LogP contribution in [0.3, 0.4) is 0 Å². The summed E-state index contributed by atoms with van der Waals surface area (Å²) in [6.07, 6.45) is 7.25. The van der Waals surface area contributed by atoms with E-state index in [4.69, 9.17) is 4.74 Å². The summed E-state index contributed by atoms with van der Waals surface area (Å²) < 4.78 is 32.4. The van der Waals surface area contributed by atoms with Gasteiger partial charge in [-0.1, -0.05) is 19.8 Å². The van der Waals surface area contributed by atoms with Crippen LogP contribution in [-0.2, 0) is 14.8 Å². The quantitative estimate of drug-likeness (QED) is 0.807. The first-order valence-corrected chi connectivity index (χ1v) is 8.87. The van der Waals surface area contributed by atoms with Crippen LogP contribution < -0.4 is 4.72 Å². The average molecular weight is 275 g/mol. The maximum atomic E-state index is 12.0. The fraction of sp³-hybridized carbons (Fsp3) is 1.00. The molecule has 2 rings (SSSR count). The molecule has 1 N–H and O–H groups in total. The first-order chi connectivity index (χ1) is 8.61. The van der Waals surface area contributed by atoms with E-state index in [0.717, 1.165) is 45.1 Å². The number of nitrogens with one attached hydrogen (secondary N) is 1. The van der Waals surface area contributed by atoms with E-state index in [1.165, 1.54) is 0 Å². The summed E-state index contributed by atoms with van der Waals surface area (Å²) in [5, 5.41) is 0. The summed E-state index contributed by atoms with van der Waals surface area (Å²) in [5.74, 6) is 0.743. The van der Waals surface area contributed by atoms with Crippen molar-refractivity contribution >= 4 is 10.0 Å². The molecule has 1 saturated heterocycles. The maximum Gasteiger partial charge on any atom is 0.211 e. The van der Waals surface area contributed by atoms with Gasteiger partial charge in [0.05, 0.1) is 11.9 Å². The molecule has 1 aliphatic heterocycles. The van der Waals surface area contributed by atoms with E-state index in [0.29, 0.717) is 12.3 Å². The van der Waals surface area contributed by atoms with Crippen LogP contribution in [0.25, 0.3) is 0 Å². The molecular weight excluding hydrogens is 250 g/mol. The Labute approximate surface area is 111 Å². The summed E-state index contributed by atoms with van der Waals surface area (Å²) in [7, 11) is -3.13. The fourth-order valence-electron chi connectivity index (χ4n) is 3.13. The van der Waals surface area contributed by atoms with Gasteiger partial charge in [-0.15, -0.1) is 0 Å². The first kappa shape index (κ1) is 14.3. The normalized spacial score (nSPS) is 33.1. The second kappa shape index (κ2) is 6.35. The molecule has 1 saturated carbocycles. The van der Waals surface area contributed by atoms with Gasteiger partial charge in [-0.25, -0.2) is 13.1 Å². The summed E-state index contributed by atoms with van der Waals surface area (Å²) in [4.78, 5) is 0. The van der Waals surface area contributed by atoms with E-state index in [2.05, 4.69) is 11.6 Å². The van der Waals surface area contributed by atoms with Gasteiger partial charge >= 0.3 is 0 Å². The minimum absolute atomic E-state index is 0.159. The summed E-state index contributed by atoms with van der Waals surface area (Å²) in [6, 6.07) is 0.171. The van der Waals surface area contributed by atoms with Crippen molar-refractivity contribution in [1.29, 1.82) is 0 Å². The number of rotatable bonds is 6. The number of hydrogen-bond acceptors (Lipinski definition) is 3. The Morgan fingerprint density at radius 3 is 2.72 bits per heavy atom. The highest BCUT2D eigenvalue weighted by Crippen LogP contribution is 2.28. The monoisotopic (exact) mass is 275 g/mol. The average Bonchev–Trinajstić information content (AvgIpc) is 2.96. The van der Waals surface area contributed by atoms with Crippen LogP contribution in [0.1, 0.15) is 51.9 Å². The van der Waals surface area contributed by atoms with Gasteiger partial charge in [-0.2, -0.15) is 0 Å². The van der Waals surface area contributed by atoms with E-state index >= 15 is 0 Å². The Kier molecular flexibility index (Phi) is 5.04. The van der Waals surface area contributed by atoms with Crippen molar-refractivity contribution in [2.75, 3.05) is 12.4 Å². The van der Waals surface area contributed by atoms with Gasteiger partial charge in [0.2, 0.25) is 10.0 Å². The predicted octanol–water partition coefficient (Wildman–Crippen LogP) is 2.05. The van der Waals surface area contributed by atoms with Crippen molar-refractivity contribution in [2.24, 2.45) is 5.92 Å². The molecule has 0 aromatic heterocycles. The highest BCUT2D eigenvalue weighted by atomic mass is 32.2. The number of sulfonamides is 1. The molecule has 1 aliphatic carbocycles. The lowest BCUT2D eigenvalue weighted by Gasteiger charge is -2.20. The second-order valence-corrected chi connectivity index (χ2v) is 7.44. The lowest BCUT2D eigenvalue weighted by atomic mass is 10.0. The Morgan fingerprint density at radius 1 is 1.22 bits per heavy atom. The lowest BCUT2D eigenvalue weighted by molar-refractivity contribution is 0.108. The zero-order chi connectivity index (χ0) is 13.0. The topological polar surface area (TPSA) is 55.4 Å².